The lowest BCUT2D eigenvalue weighted by atomic mass is 9.89. The molecule has 11 heavy (non-hydrogen) atoms. The van der Waals surface area contributed by atoms with Crippen molar-refractivity contribution in [2.75, 3.05) is 13.2 Å². The zero-order valence-electron chi connectivity index (χ0n) is 7.42. The summed E-state index contributed by atoms with van der Waals surface area (Å²) in [6, 6.07) is 0. The van der Waals surface area contributed by atoms with Crippen LogP contribution in [-0.2, 0) is 4.74 Å². The molecule has 0 radical (unpaired) electrons. The van der Waals surface area contributed by atoms with Crippen LogP contribution in [0.25, 0.3) is 0 Å². The van der Waals surface area contributed by atoms with E-state index < -0.39 is 0 Å². The molecule has 0 saturated carbocycles. The topological polar surface area (TPSA) is 29.5 Å². The zero-order chi connectivity index (χ0) is 8.27. The molecular formula is C9H18O2. The molecule has 66 valence electrons. The van der Waals surface area contributed by atoms with Crippen LogP contribution in [0.15, 0.2) is 0 Å². The summed E-state index contributed by atoms with van der Waals surface area (Å²) in [7, 11) is 0. The number of aliphatic hydroxyl groups excluding tert-OH is 1. The maximum atomic E-state index is 8.79. The number of ether oxygens (including phenoxy) is 1. The van der Waals surface area contributed by atoms with E-state index in [2.05, 4.69) is 13.8 Å². The van der Waals surface area contributed by atoms with Crippen molar-refractivity contribution in [3.05, 3.63) is 0 Å². The lowest BCUT2D eigenvalue weighted by Gasteiger charge is -2.30. The largest absolute Gasteiger partial charge is 0.394 e. The maximum absolute atomic E-state index is 8.79. The standard InChI is InChI=1S/C9H18O2/c1-7(2)8-3-4-9(5-10)11-6-8/h7-10H,3-6H2,1-2H3. The van der Waals surface area contributed by atoms with Crippen molar-refractivity contribution in [2.45, 2.75) is 32.8 Å². The molecule has 0 aliphatic carbocycles. The van der Waals surface area contributed by atoms with Gasteiger partial charge in [0.05, 0.1) is 19.3 Å². The lowest BCUT2D eigenvalue weighted by molar-refractivity contribution is -0.0519. The van der Waals surface area contributed by atoms with Crippen LogP contribution in [0.5, 0.6) is 0 Å². The highest BCUT2D eigenvalue weighted by Crippen LogP contribution is 2.24. The van der Waals surface area contributed by atoms with Crippen molar-refractivity contribution < 1.29 is 9.84 Å². The molecule has 0 aromatic rings. The van der Waals surface area contributed by atoms with Crippen LogP contribution in [0.1, 0.15) is 26.7 Å². The Labute approximate surface area is 68.6 Å². The second-order valence-electron chi connectivity index (χ2n) is 3.72. The Morgan fingerprint density at radius 2 is 2.18 bits per heavy atom. The predicted octanol–water partition coefficient (Wildman–Crippen LogP) is 1.43. The van der Waals surface area contributed by atoms with Gasteiger partial charge in [0, 0.05) is 0 Å². The van der Waals surface area contributed by atoms with E-state index in [1.807, 2.05) is 0 Å². The number of aliphatic hydroxyl groups is 1. The molecule has 1 aliphatic heterocycles. The molecule has 0 aromatic heterocycles. The molecule has 2 nitrogen and oxygen atoms in total. The first kappa shape index (κ1) is 9.01. The van der Waals surface area contributed by atoms with E-state index in [0.717, 1.165) is 18.9 Å². The number of rotatable bonds is 2. The van der Waals surface area contributed by atoms with Crippen LogP contribution in [0.3, 0.4) is 0 Å². The fraction of sp³-hybridized carbons (Fsp3) is 1.00. The normalized spacial score (nSPS) is 32.7. The van der Waals surface area contributed by atoms with Gasteiger partial charge in [0.25, 0.3) is 0 Å². The Bertz CT molecular complexity index is 104. The van der Waals surface area contributed by atoms with E-state index in [0.29, 0.717) is 5.92 Å². The van der Waals surface area contributed by atoms with Gasteiger partial charge >= 0.3 is 0 Å². The summed E-state index contributed by atoms with van der Waals surface area (Å²) < 4.78 is 5.45. The van der Waals surface area contributed by atoms with Crippen LogP contribution in [0.2, 0.25) is 0 Å². The summed E-state index contributed by atoms with van der Waals surface area (Å²) in [5.41, 5.74) is 0. The first-order chi connectivity index (χ1) is 5.24. The molecule has 1 saturated heterocycles. The molecule has 0 spiro atoms. The Kier molecular flexibility index (Phi) is 3.34. The molecule has 0 bridgehead atoms. The smallest absolute Gasteiger partial charge is 0.0806 e. The molecule has 1 rings (SSSR count). The van der Waals surface area contributed by atoms with Gasteiger partial charge in [-0.2, -0.15) is 0 Å². The highest BCUT2D eigenvalue weighted by atomic mass is 16.5. The SMILES string of the molecule is CC(C)C1CCC(CO)OC1. The third kappa shape index (κ3) is 2.46. The highest BCUT2D eigenvalue weighted by Gasteiger charge is 2.22. The summed E-state index contributed by atoms with van der Waals surface area (Å²) in [5.74, 6) is 1.42. The Morgan fingerprint density at radius 3 is 2.55 bits per heavy atom. The van der Waals surface area contributed by atoms with Crippen LogP contribution in [0, 0.1) is 11.8 Å². The fourth-order valence-corrected chi connectivity index (χ4v) is 1.50. The first-order valence-electron chi connectivity index (χ1n) is 4.46. The van der Waals surface area contributed by atoms with Crippen molar-refractivity contribution in [2.24, 2.45) is 11.8 Å². The Morgan fingerprint density at radius 1 is 1.45 bits per heavy atom. The van der Waals surface area contributed by atoms with Crippen LogP contribution >= 0.6 is 0 Å². The van der Waals surface area contributed by atoms with E-state index in [-0.39, 0.29) is 12.7 Å². The first-order valence-corrected chi connectivity index (χ1v) is 4.46. The van der Waals surface area contributed by atoms with Crippen LogP contribution in [-0.4, -0.2) is 24.4 Å². The van der Waals surface area contributed by atoms with Crippen LogP contribution in [0.4, 0.5) is 0 Å². The molecule has 1 fully saturated rings. The molecule has 2 heteroatoms. The Hall–Kier alpha value is -0.0800. The minimum Gasteiger partial charge on any atom is -0.394 e. The van der Waals surface area contributed by atoms with Crippen molar-refractivity contribution in [1.29, 1.82) is 0 Å². The summed E-state index contributed by atoms with van der Waals surface area (Å²) in [6.07, 6.45) is 2.35. The lowest BCUT2D eigenvalue weighted by Crippen LogP contribution is -2.30. The maximum Gasteiger partial charge on any atom is 0.0806 e. The Balaban J connectivity index is 2.24. The molecule has 0 aromatic carbocycles. The van der Waals surface area contributed by atoms with Gasteiger partial charge in [0.1, 0.15) is 0 Å². The van der Waals surface area contributed by atoms with Crippen molar-refractivity contribution in [3.8, 4) is 0 Å². The van der Waals surface area contributed by atoms with Gasteiger partial charge in [-0.05, 0) is 24.7 Å². The molecule has 1 heterocycles. The highest BCUT2D eigenvalue weighted by molar-refractivity contribution is 4.71. The average Bonchev–Trinajstić information content (AvgIpc) is 2.05. The van der Waals surface area contributed by atoms with Crippen LogP contribution < -0.4 is 0 Å². The van der Waals surface area contributed by atoms with E-state index in [1.165, 1.54) is 6.42 Å². The fourth-order valence-electron chi connectivity index (χ4n) is 1.50. The number of hydrogen-bond donors (Lipinski definition) is 1. The molecule has 0 amide bonds. The third-order valence-electron chi connectivity index (χ3n) is 2.55. The van der Waals surface area contributed by atoms with Gasteiger partial charge in [-0.1, -0.05) is 13.8 Å². The molecule has 1 N–H and O–H groups in total. The van der Waals surface area contributed by atoms with Gasteiger partial charge < -0.3 is 9.84 Å². The van der Waals surface area contributed by atoms with E-state index in [4.69, 9.17) is 9.84 Å². The monoisotopic (exact) mass is 158 g/mol. The number of hydrogen-bond acceptors (Lipinski definition) is 2. The molecule has 2 unspecified atom stereocenters. The minimum atomic E-state index is 0.116. The molecule has 1 aliphatic rings. The summed E-state index contributed by atoms with van der Waals surface area (Å²) in [5, 5.41) is 8.79. The summed E-state index contributed by atoms with van der Waals surface area (Å²) in [4.78, 5) is 0. The average molecular weight is 158 g/mol. The van der Waals surface area contributed by atoms with Crippen molar-refractivity contribution in [1.82, 2.24) is 0 Å². The van der Waals surface area contributed by atoms with E-state index in [9.17, 15) is 0 Å². The van der Waals surface area contributed by atoms with Gasteiger partial charge in [-0.3, -0.25) is 0 Å². The van der Waals surface area contributed by atoms with Gasteiger partial charge in [-0.15, -0.1) is 0 Å². The van der Waals surface area contributed by atoms with Crippen molar-refractivity contribution >= 4 is 0 Å². The van der Waals surface area contributed by atoms with E-state index >= 15 is 0 Å². The van der Waals surface area contributed by atoms with Gasteiger partial charge in [-0.25, -0.2) is 0 Å². The second kappa shape index (κ2) is 4.07. The van der Waals surface area contributed by atoms with Crippen molar-refractivity contribution in [3.63, 3.8) is 0 Å². The zero-order valence-corrected chi connectivity index (χ0v) is 7.42. The minimum absolute atomic E-state index is 0.116. The molecule has 2 atom stereocenters. The molecular weight excluding hydrogens is 140 g/mol. The quantitative estimate of drug-likeness (QED) is 0.658. The third-order valence-corrected chi connectivity index (χ3v) is 2.55. The second-order valence-corrected chi connectivity index (χ2v) is 3.72. The summed E-state index contributed by atoms with van der Waals surface area (Å²) >= 11 is 0. The van der Waals surface area contributed by atoms with Gasteiger partial charge in [0.2, 0.25) is 0 Å². The predicted molar refractivity (Wildman–Crippen MR) is 44.4 cm³/mol. The van der Waals surface area contributed by atoms with Gasteiger partial charge in [0.15, 0.2) is 0 Å². The summed E-state index contributed by atoms with van der Waals surface area (Å²) in [6.45, 7) is 5.48. The van der Waals surface area contributed by atoms with E-state index in [1.54, 1.807) is 0 Å².